The van der Waals surface area contributed by atoms with Crippen LogP contribution in [0.2, 0.25) is 0 Å². The Labute approximate surface area is 127 Å². The summed E-state index contributed by atoms with van der Waals surface area (Å²) in [5.74, 6) is 0.888. The van der Waals surface area contributed by atoms with E-state index in [2.05, 4.69) is 27.1 Å². The number of pyridine rings is 1. The maximum atomic E-state index is 5.92. The quantitative estimate of drug-likeness (QED) is 0.918. The fourth-order valence-corrected chi connectivity index (χ4v) is 3.08. The first-order valence-corrected chi connectivity index (χ1v) is 7.85. The van der Waals surface area contributed by atoms with Gasteiger partial charge >= 0.3 is 0 Å². The highest BCUT2D eigenvalue weighted by Crippen LogP contribution is 2.27. The summed E-state index contributed by atoms with van der Waals surface area (Å²) in [5, 5.41) is 4.59. The van der Waals surface area contributed by atoms with Crippen molar-refractivity contribution in [1.82, 2.24) is 14.8 Å². The third-order valence-corrected chi connectivity index (χ3v) is 5.13. The van der Waals surface area contributed by atoms with Crippen LogP contribution in [0, 0.1) is 13.8 Å². The Hall–Kier alpha value is -1.20. The van der Waals surface area contributed by atoms with Crippen molar-refractivity contribution in [3.05, 3.63) is 38.7 Å². The van der Waals surface area contributed by atoms with Crippen LogP contribution in [-0.2, 0) is 19.4 Å². The number of hydrogen-bond acceptors (Lipinski definition) is 3. The third-order valence-electron chi connectivity index (χ3n) is 3.98. The van der Waals surface area contributed by atoms with E-state index in [1.807, 2.05) is 18.5 Å². The van der Waals surface area contributed by atoms with Gasteiger partial charge in [-0.15, -0.1) is 0 Å². The minimum atomic E-state index is 0.492. The highest BCUT2D eigenvalue weighted by atomic mass is 79.9. The van der Waals surface area contributed by atoms with Crippen molar-refractivity contribution < 1.29 is 0 Å². The summed E-state index contributed by atoms with van der Waals surface area (Å²) in [5.41, 5.74) is 11.6. The molecular weight excluding hydrogens is 316 g/mol. The molecule has 2 N–H and O–H groups in total. The predicted octanol–water partition coefficient (Wildman–Crippen LogP) is 2.98. The highest BCUT2D eigenvalue weighted by Gasteiger charge is 2.18. The van der Waals surface area contributed by atoms with E-state index in [1.54, 1.807) is 0 Å². The lowest BCUT2D eigenvalue weighted by Gasteiger charge is -2.18. The summed E-state index contributed by atoms with van der Waals surface area (Å²) in [4.78, 5) is 4.87. The molecule has 0 aliphatic heterocycles. The molecule has 0 spiro atoms. The van der Waals surface area contributed by atoms with Crippen molar-refractivity contribution in [3.63, 3.8) is 0 Å². The summed E-state index contributed by atoms with van der Waals surface area (Å²) in [6.45, 7) is 4.53. The van der Waals surface area contributed by atoms with Crippen LogP contribution in [0.1, 0.15) is 41.1 Å². The second-order valence-electron chi connectivity index (χ2n) is 5.38. The van der Waals surface area contributed by atoms with Crippen molar-refractivity contribution in [1.29, 1.82) is 0 Å². The average molecular weight is 335 g/mol. The Morgan fingerprint density at radius 1 is 1.30 bits per heavy atom. The Kier molecular flexibility index (Phi) is 3.65. The van der Waals surface area contributed by atoms with Gasteiger partial charge in [0.15, 0.2) is 5.82 Å². The molecule has 0 bridgehead atoms. The number of halogens is 1. The van der Waals surface area contributed by atoms with Gasteiger partial charge in [-0.05, 0) is 67.1 Å². The molecule has 0 atom stereocenters. The normalized spacial score (nSPS) is 14.4. The summed E-state index contributed by atoms with van der Waals surface area (Å²) in [6, 6.07) is 2.22. The molecule has 2 aromatic heterocycles. The molecule has 1 aliphatic carbocycles. The minimum Gasteiger partial charge on any atom is -0.326 e. The molecule has 0 radical (unpaired) electrons. The van der Waals surface area contributed by atoms with Crippen LogP contribution in [0.5, 0.6) is 0 Å². The number of fused-ring (bicyclic) bond motifs is 1. The zero-order chi connectivity index (χ0) is 14.3. The maximum Gasteiger partial charge on any atom is 0.158 e. The molecule has 20 heavy (non-hydrogen) atoms. The van der Waals surface area contributed by atoms with Gasteiger partial charge in [-0.25, -0.2) is 9.67 Å². The van der Waals surface area contributed by atoms with E-state index in [0.29, 0.717) is 6.54 Å². The summed E-state index contributed by atoms with van der Waals surface area (Å²) in [6.07, 6.45) is 4.66. The van der Waals surface area contributed by atoms with Gasteiger partial charge in [-0.2, -0.15) is 5.10 Å². The van der Waals surface area contributed by atoms with Crippen LogP contribution in [0.15, 0.2) is 10.5 Å². The standard InChI is InChI=1S/C15H19BrN4/c1-9-14(16)10(2)20(19-9)15-12(8-17)7-11-5-3-4-6-13(11)18-15/h7H,3-6,8,17H2,1-2H3. The van der Waals surface area contributed by atoms with Crippen LogP contribution < -0.4 is 5.73 Å². The number of hydrogen-bond donors (Lipinski definition) is 1. The lowest BCUT2D eigenvalue weighted by molar-refractivity contribution is 0.656. The topological polar surface area (TPSA) is 56.7 Å². The summed E-state index contributed by atoms with van der Waals surface area (Å²) >= 11 is 3.58. The molecule has 4 nitrogen and oxygen atoms in total. The number of aryl methyl sites for hydroxylation is 3. The van der Waals surface area contributed by atoms with E-state index in [4.69, 9.17) is 10.7 Å². The van der Waals surface area contributed by atoms with Crippen LogP contribution in [0.25, 0.3) is 5.82 Å². The van der Waals surface area contributed by atoms with Crippen LogP contribution in [0.4, 0.5) is 0 Å². The van der Waals surface area contributed by atoms with Gasteiger partial charge in [0, 0.05) is 17.8 Å². The van der Waals surface area contributed by atoms with Crippen molar-refractivity contribution in [3.8, 4) is 5.82 Å². The van der Waals surface area contributed by atoms with Gasteiger partial charge in [-0.3, -0.25) is 0 Å². The lowest BCUT2D eigenvalue weighted by Crippen LogP contribution is -2.15. The van der Waals surface area contributed by atoms with E-state index in [9.17, 15) is 0 Å². The van der Waals surface area contributed by atoms with Crippen molar-refractivity contribution >= 4 is 15.9 Å². The molecule has 2 heterocycles. The van der Waals surface area contributed by atoms with Crippen LogP contribution >= 0.6 is 15.9 Å². The monoisotopic (exact) mass is 334 g/mol. The summed E-state index contributed by atoms with van der Waals surface area (Å²) in [7, 11) is 0. The van der Waals surface area contributed by atoms with Gasteiger partial charge in [-0.1, -0.05) is 0 Å². The van der Waals surface area contributed by atoms with Crippen LogP contribution in [-0.4, -0.2) is 14.8 Å². The Balaban J connectivity index is 2.19. The van der Waals surface area contributed by atoms with Crippen molar-refractivity contribution in [2.24, 2.45) is 5.73 Å². The molecular formula is C15H19BrN4. The van der Waals surface area contributed by atoms with Gasteiger partial charge in [0.2, 0.25) is 0 Å². The number of nitrogens with two attached hydrogens (primary N) is 1. The van der Waals surface area contributed by atoms with E-state index >= 15 is 0 Å². The lowest BCUT2D eigenvalue weighted by atomic mass is 9.95. The fourth-order valence-electron chi connectivity index (χ4n) is 2.83. The molecule has 3 rings (SSSR count). The molecule has 0 unspecified atom stereocenters. The average Bonchev–Trinajstić information content (AvgIpc) is 2.73. The Morgan fingerprint density at radius 2 is 2.05 bits per heavy atom. The first-order valence-electron chi connectivity index (χ1n) is 7.05. The van der Waals surface area contributed by atoms with Crippen molar-refractivity contribution in [2.75, 3.05) is 0 Å². The van der Waals surface area contributed by atoms with Gasteiger partial charge in [0.1, 0.15) is 0 Å². The molecule has 2 aromatic rings. The zero-order valence-corrected chi connectivity index (χ0v) is 13.5. The Morgan fingerprint density at radius 3 is 2.70 bits per heavy atom. The molecule has 0 saturated carbocycles. The number of rotatable bonds is 2. The third kappa shape index (κ3) is 2.19. The maximum absolute atomic E-state index is 5.92. The zero-order valence-electron chi connectivity index (χ0n) is 11.9. The molecule has 1 aliphatic rings. The van der Waals surface area contributed by atoms with Gasteiger partial charge in [0.25, 0.3) is 0 Å². The van der Waals surface area contributed by atoms with Gasteiger partial charge in [0.05, 0.1) is 15.9 Å². The SMILES string of the molecule is Cc1nn(-c2nc3c(cc2CN)CCCC3)c(C)c1Br. The van der Waals surface area contributed by atoms with E-state index in [0.717, 1.165) is 40.1 Å². The smallest absolute Gasteiger partial charge is 0.158 e. The molecule has 0 amide bonds. The second-order valence-corrected chi connectivity index (χ2v) is 6.18. The number of aromatic nitrogens is 3. The van der Waals surface area contributed by atoms with Gasteiger partial charge < -0.3 is 5.73 Å². The van der Waals surface area contributed by atoms with E-state index in [-0.39, 0.29) is 0 Å². The molecule has 0 saturated heterocycles. The second kappa shape index (κ2) is 5.30. The van der Waals surface area contributed by atoms with Crippen molar-refractivity contribution in [2.45, 2.75) is 46.1 Å². The largest absolute Gasteiger partial charge is 0.326 e. The first kappa shape index (κ1) is 13.8. The van der Waals surface area contributed by atoms with E-state index in [1.165, 1.54) is 24.1 Å². The van der Waals surface area contributed by atoms with E-state index < -0.39 is 0 Å². The summed E-state index contributed by atoms with van der Waals surface area (Å²) < 4.78 is 2.95. The Bertz CT molecular complexity index is 660. The number of nitrogens with zero attached hydrogens (tertiary/aromatic N) is 3. The molecule has 0 fully saturated rings. The molecule has 106 valence electrons. The molecule has 0 aromatic carbocycles. The highest BCUT2D eigenvalue weighted by molar-refractivity contribution is 9.10. The first-order chi connectivity index (χ1) is 9.61. The predicted molar refractivity (Wildman–Crippen MR) is 83.1 cm³/mol. The minimum absolute atomic E-state index is 0.492. The molecule has 5 heteroatoms. The van der Waals surface area contributed by atoms with Crippen LogP contribution in [0.3, 0.4) is 0 Å². The fraction of sp³-hybridized carbons (Fsp3) is 0.467.